The van der Waals surface area contributed by atoms with Crippen LogP contribution in [0.25, 0.3) is 0 Å². The van der Waals surface area contributed by atoms with E-state index in [-0.39, 0.29) is 25.7 Å². The highest BCUT2D eigenvalue weighted by Gasteiger charge is 2.30. The Labute approximate surface area is 581 Å². The van der Waals surface area contributed by atoms with Crippen LogP contribution in [0.3, 0.4) is 0 Å². The topological polar surface area (TPSA) is 237 Å². The van der Waals surface area contributed by atoms with Gasteiger partial charge in [-0.15, -0.1) is 0 Å². The molecule has 0 aromatic carbocycles. The number of unbranched alkanes of at least 4 members (excludes halogenated alkanes) is 37. The number of rotatable bonds is 73. The maximum Gasteiger partial charge on any atom is 0.472 e. The fraction of sp³-hybridized carbons (Fsp3) is 0.947. The molecule has 19 heteroatoms. The van der Waals surface area contributed by atoms with Crippen molar-refractivity contribution in [3.8, 4) is 0 Å². The fourth-order valence-corrected chi connectivity index (χ4v) is 13.1. The number of ether oxygens (including phenoxy) is 4. The van der Waals surface area contributed by atoms with E-state index in [1.807, 2.05) is 0 Å². The molecule has 0 heterocycles. The van der Waals surface area contributed by atoms with E-state index in [0.717, 1.165) is 108 Å². The van der Waals surface area contributed by atoms with E-state index in [1.165, 1.54) is 180 Å². The van der Waals surface area contributed by atoms with Gasteiger partial charge in [0, 0.05) is 25.7 Å². The van der Waals surface area contributed by atoms with Crippen LogP contribution in [-0.2, 0) is 65.4 Å². The standard InChI is InChI=1S/C76H148O17P2/c1-9-68(7)54-46-38-29-23-19-17-15-13-11-12-14-16-18-20-26-32-42-50-58-75(80)92-72(63-87-74(79)57-49-41-35-34-37-45-53-67(5)6)65-91-95(84,85)89-61-70(77)60-88-94(82,83)90-64-71(93-76(81)59-51-43-33-27-28-36-44-52-66(3)4)62-86-73(78)56-48-40-31-25-22-21-24-30-39-47-55-69(8)10-2/h66-72,77H,9-65H2,1-8H3,(H,82,83)(H,84,85)/t68?,69?,70-,71-,72-/m1/s1. The van der Waals surface area contributed by atoms with Crippen LogP contribution in [0.1, 0.15) is 383 Å². The number of hydrogen-bond donors (Lipinski definition) is 3. The first-order chi connectivity index (χ1) is 45.7. The first-order valence-corrected chi connectivity index (χ1v) is 42.3. The summed E-state index contributed by atoms with van der Waals surface area (Å²) in [6.07, 6.45) is 50.3. The van der Waals surface area contributed by atoms with Crippen molar-refractivity contribution in [2.75, 3.05) is 39.6 Å². The number of phosphoric acid groups is 2. The monoisotopic (exact) mass is 1400 g/mol. The molecule has 95 heavy (non-hydrogen) atoms. The smallest absolute Gasteiger partial charge is 0.462 e. The van der Waals surface area contributed by atoms with Crippen molar-refractivity contribution in [3.63, 3.8) is 0 Å². The second-order valence-electron chi connectivity index (χ2n) is 28.8. The van der Waals surface area contributed by atoms with E-state index in [4.69, 9.17) is 37.0 Å². The quantitative estimate of drug-likeness (QED) is 0.0222. The van der Waals surface area contributed by atoms with Gasteiger partial charge >= 0.3 is 39.5 Å². The molecule has 0 spiro atoms. The lowest BCUT2D eigenvalue weighted by Crippen LogP contribution is -2.30. The number of carbonyl (C=O) groups excluding carboxylic acids is 4. The maximum absolute atomic E-state index is 13.1. The first-order valence-electron chi connectivity index (χ1n) is 39.3. The molecule has 0 aromatic heterocycles. The molecule has 0 aromatic rings. The Balaban J connectivity index is 5.14. The Kier molecular flexibility index (Phi) is 64.0. The van der Waals surface area contributed by atoms with Gasteiger partial charge in [-0.25, -0.2) is 9.13 Å². The van der Waals surface area contributed by atoms with E-state index in [1.54, 1.807) is 0 Å². The average Bonchev–Trinajstić information content (AvgIpc) is 2.71. The van der Waals surface area contributed by atoms with Crippen LogP contribution in [0.15, 0.2) is 0 Å². The number of hydrogen-bond acceptors (Lipinski definition) is 15. The number of esters is 4. The van der Waals surface area contributed by atoms with Crippen molar-refractivity contribution in [1.29, 1.82) is 0 Å². The van der Waals surface area contributed by atoms with Gasteiger partial charge in [0.2, 0.25) is 0 Å². The Bertz CT molecular complexity index is 1870. The predicted octanol–water partition coefficient (Wildman–Crippen LogP) is 22.0. The van der Waals surface area contributed by atoms with E-state index in [9.17, 15) is 43.2 Å². The number of phosphoric ester groups is 2. The molecule has 0 saturated heterocycles. The maximum atomic E-state index is 13.1. The van der Waals surface area contributed by atoms with E-state index < -0.39 is 97.5 Å². The second-order valence-corrected chi connectivity index (χ2v) is 31.7. The highest BCUT2D eigenvalue weighted by molar-refractivity contribution is 7.47. The molecular formula is C76H148O17P2. The largest absolute Gasteiger partial charge is 0.472 e. The summed E-state index contributed by atoms with van der Waals surface area (Å²) in [5, 5.41) is 10.6. The van der Waals surface area contributed by atoms with Gasteiger partial charge in [-0.1, -0.05) is 331 Å². The van der Waals surface area contributed by atoms with Crippen molar-refractivity contribution < 1.29 is 80.2 Å². The van der Waals surface area contributed by atoms with Crippen LogP contribution < -0.4 is 0 Å². The summed E-state index contributed by atoms with van der Waals surface area (Å²) in [5.74, 6) is 0.929. The highest BCUT2D eigenvalue weighted by atomic mass is 31.2. The molecule has 0 aliphatic carbocycles. The molecule has 17 nitrogen and oxygen atoms in total. The molecule has 0 bridgehead atoms. The molecule has 7 atom stereocenters. The third-order valence-corrected chi connectivity index (χ3v) is 20.2. The lowest BCUT2D eigenvalue weighted by Gasteiger charge is -2.21. The summed E-state index contributed by atoms with van der Waals surface area (Å²) in [6, 6.07) is 0. The Morgan fingerprint density at radius 1 is 0.295 bits per heavy atom. The minimum atomic E-state index is -4.96. The minimum Gasteiger partial charge on any atom is -0.462 e. The van der Waals surface area contributed by atoms with E-state index >= 15 is 0 Å². The zero-order chi connectivity index (χ0) is 70.3. The summed E-state index contributed by atoms with van der Waals surface area (Å²) < 4.78 is 68.4. The van der Waals surface area contributed by atoms with Crippen LogP contribution in [0.2, 0.25) is 0 Å². The van der Waals surface area contributed by atoms with Crippen molar-refractivity contribution in [2.45, 2.75) is 401 Å². The lowest BCUT2D eigenvalue weighted by molar-refractivity contribution is -0.161. The van der Waals surface area contributed by atoms with Gasteiger partial charge in [-0.05, 0) is 49.4 Å². The molecule has 0 saturated carbocycles. The SMILES string of the molecule is CCC(C)CCCCCCCCCCCCCCCCCCCCC(=O)O[C@H](COC(=O)CCCCCCCCC(C)C)COP(=O)(O)OC[C@H](O)COP(=O)(O)OC[C@@H](COC(=O)CCCCCCCCCCCCC(C)CC)OC(=O)CCCCCCCCCC(C)C. The van der Waals surface area contributed by atoms with Crippen LogP contribution in [0.4, 0.5) is 0 Å². The zero-order valence-electron chi connectivity index (χ0n) is 62.3. The predicted molar refractivity (Wildman–Crippen MR) is 386 cm³/mol. The molecular weight excluding hydrogens is 1250 g/mol. The first kappa shape index (κ1) is 93.1. The van der Waals surface area contributed by atoms with Gasteiger partial charge < -0.3 is 33.8 Å². The van der Waals surface area contributed by atoms with Crippen molar-refractivity contribution >= 4 is 39.5 Å². The van der Waals surface area contributed by atoms with Crippen LogP contribution >= 0.6 is 15.6 Å². The Morgan fingerprint density at radius 2 is 0.505 bits per heavy atom. The zero-order valence-corrected chi connectivity index (χ0v) is 64.1. The van der Waals surface area contributed by atoms with Gasteiger partial charge in [-0.3, -0.25) is 37.3 Å². The molecule has 4 unspecified atom stereocenters. The molecule has 564 valence electrons. The molecule has 0 fully saturated rings. The van der Waals surface area contributed by atoms with Crippen LogP contribution in [0, 0.1) is 23.7 Å². The van der Waals surface area contributed by atoms with Gasteiger partial charge in [0.05, 0.1) is 26.4 Å². The van der Waals surface area contributed by atoms with Crippen molar-refractivity contribution in [2.24, 2.45) is 23.7 Å². The van der Waals surface area contributed by atoms with Gasteiger partial charge in [-0.2, -0.15) is 0 Å². The molecule has 0 aliphatic heterocycles. The Morgan fingerprint density at radius 3 is 0.747 bits per heavy atom. The molecule has 0 rings (SSSR count). The second kappa shape index (κ2) is 65.4. The van der Waals surface area contributed by atoms with Gasteiger partial charge in [0.15, 0.2) is 12.2 Å². The third-order valence-electron chi connectivity index (χ3n) is 18.3. The van der Waals surface area contributed by atoms with E-state index in [2.05, 4.69) is 55.4 Å². The van der Waals surface area contributed by atoms with Crippen molar-refractivity contribution in [3.05, 3.63) is 0 Å². The lowest BCUT2D eigenvalue weighted by atomic mass is 9.99. The number of carbonyl (C=O) groups is 4. The molecule has 0 radical (unpaired) electrons. The third kappa shape index (κ3) is 67.6. The summed E-state index contributed by atoms with van der Waals surface area (Å²) in [4.78, 5) is 72.7. The number of aliphatic hydroxyl groups is 1. The van der Waals surface area contributed by atoms with Gasteiger partial charge in [0.25, 0.3) is 0 Å². The summed E-state index contributed by atoms with van der Waals surface area (Å²) >= 11 is 0. The number of aliphatic hydroxyl groups excluding tert-OH is 1. The minimum absolute atomic E-state index is 0.103. The van der Waals surface area contributed by atoms with Crippen LogP contribution in [-0.4, -0.2) is 96.7 Å². The molecule has 0 amide bonds. The molecule has 3 N–H and O–H groups in total. The van der Waals surface area contributed by atoms with Crippen molar-refractivity contribution in [1.82, 2.24) is 0 Å². The average molecular weight is 1400 g/mol. The summed E-state index contributed by atoms with van der Waals surface area (Å²) in [5.41, 5.74) is 0. The fourth-order valence-electron chi connectivity index (χ4n) is 11.5. The Hall–Kier alpha value is -1.94. The van der Waals surface area contributed by atoms with E-state index in [0.29, 0.717) is 37.5 Å². The van der Waals surface area contributed by atoms with Crippen LogP contribution in [0.5, 0.6) is 0 Å². The van der Waals surface area contributed by atoms with Gasteiger partial charge in [0.1, 0.15) is 19.3 Å². The summed E-state index contributed by atoms with van der Waals surface area (Å²) in [6.45, 7) is 14.1. The normalized spacial score (nSPS) is 14.7. The summed E-state index contributed by atoms with van der Waals surface area (Å²) in [7, 11) is -9.91. The highest BCUT2D eigenvalue weighted by Crippen LogP contribution is 2.45. The molecule has 0 aliphatic rings.